The zero-order chi connectivity index (χ0) is 16.6. The van der Waals surface area contributed by atoms with Crippen LogP contribution in [0.25, 0.3) is 0 Å². The Kier molecular flexibility index (Phi) is 5.66. The summed E-state index contributed by atoms with van der Waals surface area (Å²) in [7, 11) is 0. The van der Waals surface area contributed by atoms with Crippen molar-refractivity contribution in [2.45, 2.75) is 12.3 Å². The standard InChI is InChI=1S/C17H17F2NO3.BrH/c18-12-4-10(17(23)14(19)6-12)3-11-7-20-8-13(11)9-1-2-15(21)16(22)5-9;/h1-2,4-6,11,13,20-23H,3,7-8H2;1H. The lowest BCUT2D eigenvalue weighted by atomic mass is 9.84. The molecule has 0 saturated carbocycles. The second kappa shape index (κ2) is 7.36. The highest BCUT2D eigenvalue weighted by molar-refractivity contribution is 8.93. The molecular formula is C17H18BrF2NO3. The highest BCUT2D eigenvalue weighted by atomic mass is 79.9. The van der Waals surface area contributed by atoms with Gasteiger partial charge in [-0.2, -0.15) is 0 Å². The molecule has 2 atom stereocenters. The molecule has 0 bridgehead atoms. The number of nitrogens with one attached hydrogen (secondary N) is 1. The third-order valence-corrected chi connectivity index (χ3v) is 4.36. The lowest BCUT2D eigenvalue weighted by Crippen LogP contribution is -2.14. The fraction of sp³-hybridized carbons (Fsp3) is 0.294. The van der Waals surface area contributed by atoms with Crippen molar-refractivity contribution in [2.24, 2.45) is 5.92 Å². The Morgan fingerprint density at radius 1 is 1.00 bits per heavy atom. The summed E-state index contributed by atoms with van der Waals surface area (Å²) in [6, 6.07) is 6.42. The highest BCUT2D eigenvalue weighted by Gasteiger charge is 2.30. The van der Waals surface area contributed by atoms with Crippen LogP contribution in [0.4, 0.5) is 8.78 Å². The maximum atomic E-state index is 13.5. The van der Waals surface area contributed by atoms with E-state index in [1.54, 1.807) is 6.07 Å². The van der Waals surface area contributed by atoms with Crippen LogP contribution in [-0.2, 0) is 6.42 Å². The minimum Gasteiger partial charge on any atom is -0.505 e. The summed E-state index contributed by atoms with van der Waals surface area (Å²) in [5, 5.41) is 32.0. The molecule has 0 radical (unpaired) electrons. The molecule has 0 spiro atoms. The molecular weight excluding hydrogens is 384 g/mol. The number of halogens is 3. The molecule has 3 rings (SSSR count). The molecule has 4 N–H and O–H groups in total. The average molecular weight is 402 g/mol. The van der Waals surface area contributed by atoms with Crippen molar-refractivity contribution in [2.75, 3.05) is 13.1 Å². The first-order chi connectivity index (χ1) is 11.0. The smallest absolute Gasteiger partial charge is 0.168 e. The largest absolute Gasteiger partial charge is 0.505 e. The Labute approximate surface area is 148 Å². The Morgan fingerprint density at radius 3 is 2.46 bits per heavy atom. The predicted octanol–water partition coefficient (Wildman–Crippen LogP) is 3.21. The summed E-state index contributed by atoms with van der Waals surface area (Å²) in [5.74, 6) is -2.59. The summed E-state index contributed by atoms with van der Waals surface area (Å²) in [6.45, 7) is 1.28. The molecule has 0 aliphatic carbocycles. The lowest BCUT2D eigenvalue weighted by Gasteiger charge is -2.20. The third-order valence-electron chi connectivity index (χ3n) is 4.36. The number of rotatable bonds is 3. The summed E-state index contributed by atoms with van der Waals surface area (Å²) < 4.78 is 26.8. The first kappa shape index (κ1) is 18.5. The van der Waals surface area contributed by atoms with E-state index in [1.807, 2.05) is 0 Å². The van der Waals surface area contributed by atoms with Gasteiger partial charge in [0.1, 0.15) is 5.82 Å². The highest BCUT2D eigenvalue weighted by Crippen LogP contribution is 2.36. The molecule has 2 aromatic carbocycles. The van der Waals surface area contributed by atoms with Gasteiger partial charge >= 0.3 is 0 Å². The van der Waals surface area contributed by atoms with Crippen molar-refractivity contribution in [1.82, 2.24) is 5.32 Å². The van der Waals surface area contributed by atoms with Crippen molar-refractivity contribution < 1.29 is 24.1 Å². The first-order valence-corrected chi connectivity index (χ1v) is 7.35. The molecule has 7 heteroatoms. The molecule has 1 saturated heterocycles. The number of hydrogen-bond acceptors (Lipinski definition) is 4. The second-order valence-corrected chi connectivity index (χ2v) is 5.87. The molecule has 1 fully saturated rings. The zero-order valence-electron chi connectivity index (χ0n) is 12.7. The Balaban J connectivity index is 0.00000208. The van der Waals surface area contributed by atoms with E-state index >= 15 is 0 Å². The molecule has 24 heavy (non-hydrogen) atoms. The van der Waals surface area contributed by atoms with Gasteiger partial charge in [-0.3, -0.25) is 0 Å². The van der Waals surface area contributed by atoms with Crippen LogP contribution in [0, 0.1) is 17.6 Å². The molecule has 4 nitrogen and oxygen atoms in total. The van der Waals surface area contributed by atoms with E-state index in [0.717, 1.165) is 11.6 Å². The van der Waals surface area contributed by atoms with Gasteiger partial charge in [-0.15, -0.1) is 17.0 Å². The van der Waals surface area contributed by atoms with Crippen LogP contribution in [0.5, 0.6) is 17.2 Å². The van der Waals surface area contributed by atoms with Gasteiger partial charge in [-0.05, 0) is 42.6 Å². The number of phenols is 3. The van der Waals surface area contributed by atoms with E-state index in [2.05, 4.69) is 5.32 Å². The topological polar surface area (TPSA) is 72.7 Å². The fourth-order valence-corrected chi connectivity index (χ4v) is 3.17. The van der Waals surface area contributed by atoms with Crippen LogP contribution in [0.2, 0.25) is 0 Å². The van der Waals surface area contributed by atoms with Crippen LogP contribution in [-0.4, -0.2) is 28.4 Å². The average Bonchev–Trinajstić information content (AvgIpc) is 2.95. The summed E-state index contributed by atoms with van der Waals surface area (Å²) in [6.07, 6.45) is 0.305. The van der Waals surface area contributed by atoms with E-state index in [0.29, 0.717) is 25.6 Å². The summed E-state index contributed by atoms with van der Waals surface area (Å²) >= 11 is 0. The molecule has 1 aliphatic rings. The molecule has 2 aromatic rings. The number of phenolic OH excluding ortho intramolecular Hbond substituents is 3. The van der Waals surface area contributed by atoms with Crippen molar-refractivity contribution in [1.29, 1.82) is 0 Å². The van der Waals surface area contributed by atoms with Crippen LogP contribution in [0.15, 0.2) is 30.3 Å². The van der Waals surface area contributed by atoms with Crippen molar-refractivity contribution in [3.8, 4) is 17.2 Å². The van der Waals surface area contributed by atoms with Gasteiger partial charge < -0.3 is 20.6 Å². The van der Waals surface area contributed by atoms with E-state index in [9.17, 15) is 24.1 Å². The van der Waals surface area contributed by atoms with Crippen LogP contribution >= 0.6 is 17.0 Å². The van der Waals surface area contributed by atoms with Crippen LogP contribution in [0.1, 0.15) is 17.0 Å². The molecule has 0 aromatic heterocycles. The monoisotopic (exact) mass is 401 g/mol. The zero-order valence-corrected chi connectivity index (χ0v) is 14.4. The van der Waals surface area contributed by atoms with E-state index in [1.165, 1.54) is 12.1 Å². The quantitative estimate of drug-likeness (QED) is 0.595. The van der Waals surface area contributed by atoms with E-state index in [-0.39, 0.29) is 45.9 Å². The maximum absolute atomic E-state index is 13.5. The number of hydrogen-bond donors (Lipinski definition) is 4. The normalized spacial score (nSPS) is 19.9. The lowest BCUT2D eigenvalue weighted by molar-refractivity contribution is 0.400. The Hall–Kier alpha value is -1.86. The first-order valence-electron chi connectivity index (χ1n) is 7.35. The Morgan fingerprint density at radius 2 is 1.75 bits per heavy atom. The predicted molar refractivity (Wildman–Crippen MR) is 90.9 cm³/mol. The minimum atomic E-state index is -0.968. The third kappa shape index (κ3) is 3.62. The SMILES string of the molecule is Br.Oc1ccc(C2CNCC2Cc2cc(F)cc(F)c2O)cc1O. The molecule has 2 unspecified atom stereocenters. The van der Waals surface area contributed by atoms with Crippen molar-refractivity contribution >= 4 is 17.0 Å². The number of aromatic hydroxyl groups is 3. The molecule has 1 heterocycles. The Bertz CT molecular complexity index is 742. The van der Waals surface area contributed by atoms with E-state index in [4.69, 9.17) is 0 Å². The number of benzene rings is 2. The molecule has 130 valence electrons. The minimum absolute atomic E-state index is 0. The second-order valence-electron chi connectivity index (χ2n) is 5.87. The molecule has 1 aliphatic heterocycles. The van der Waals surface area contributed by atoms with Gasteiger partial charge in [-0.1, -0.05) is 6.07 Å². The van der Waals surface area contributed by atoms with Crippen LogP contribution < -0.4 is 5.32 Å². The van der Waals surface area contributed by atoms with Gasteiger partial charge in [0.25, 0.3) is 0 Å². The summed E-state index contributed by atoms with van der Waals surface area (Å²) in [5.41, 5.74) is 1.05. The van der Waals surface area contributed by atoms with Gasteiger partial charge in [0.05, 0.1) is 0 Å². The van der Waals surface area contributed by atoms with Crippen LogP contribution in [0.3, 0.4) is 0 Å². The van der Waals surface area contributed by atoms with Crippen molar-refractivity contribution in [3.05, 3.63) is 53.1 Å². The fourth-order valence-electron chi connectivity index (χ4n) is 3.17. The maximum Gasteiger partial charge on any atom is 0.168 e. The molecule has 0 amide bonds. The van der Waals surface area contributed by atoms with E-state index < -0.39 is 17.4 Å². The summed E-state index contributed by atoms with van der Waals surface area (Å²) in [4.78, 5) is 0. The van der Waals surface area contributed by atoms with Gasteiger partial charge in [0.2, 0.25) is 0 Å². The van der Waals surface area contributed by atoms with Gasteiger partial charge in [-0.25, -0.2) is 8.78 Å². The van der Waals surface area contributed by atoms with Gasteiger partial charge in [0, 0.05) is 24.1 Å². The van der Waals surface area contributed by atoms with Gasteiger partial charge in [0.15, 0.2) is 23.1 Å². The van der Waals surface area contributed by atoms with Crippen molar-refractivity contribution in [3.63, 3.8) is 0 Å².